The Balaban J connectivity index is 2.41. The Labute approximate surface area is 165 Å². The molecule has 0 bridgehead atoms. The van der Waals surface area contributed by atoms with Gasteiger partial charge in [0.15, 0.2) is 11.5 Å². The molecule has 1 atom stereocenters. The second kappa shape index (κ2) is 9.87. The highest BCUT2D eigenvalue weighted by Crippen LogP contribution is 2.41. The standard InChI is InChI=1S/C20H28N2O6/c1-6-7-8-9-28-19(23)16-12(2)21-20(24)22-17(16)13-10-14(25-3)18(27-5)15(11-13)26-4/h10-11,17H,6-9H2,1-5H3,(H2,21,22,24). The van der Waals surface area contributed by atoms with Crippen LogP contribution >= 0.6 is 0 Å². The first-order chi connectivity index (χ1) is 13.5. The molecule has 1 aliphatic heterocycles. The molecule has 0 aromatic heterocycles. The Morgan fingerprint density at radius 1 is 1.07 bits per heavy atom. The molecule has 1 aliphatic rings. The van der Waals surface area contributed by atoms with Crippen molar-refractivity contribution < 1.29 is 28.5 Å². The summed E-state index contributed by atoms with van der Waals surface area (Å²) in [6.45, 7) is 4.08. The third-order valence-electron chi connectivity index (χ3n) is 4.49. The van der Waals surface area contributed by atoms with Gasteiger partial charge in [-0.2, -0.15) is 0 Å². The van der Waals surface area contributed by atoms with Crippen molar-refractivity contribution in [3.63, 3.8) is 0 Å². The SMILES string of the molecule is CCCCCOC(=O)C1=C(C)NC(=O)NC1c1cc(OC)c(OC)c(OC)c1. The number of allylic oxidation sites excluding steroid dienone is 1. The Hall–Kier alpha value is -2.90. The van der Waals surface area contributed by atoms with E-state index in [0.717, 1.165) is 19.3 Å². The number of benzene rings is 1. The Morgan fingerprint density at radius 2 is 1.71 bits per heavy atom. The van der Waals surface area contributed by atoms with Crippen LogP contribution in [0.5, 0.6) is 17.2 Å². The molecule has 2 rings (SSSR count). The van der Waals surface area contributed by atoms with Gasteiger partial charge in [-0.15, -0.1) is 0 Å². The van der Waals surface area contributed by atoms with Crippen molar-refractivity contribution in [2.24, 2.45) is 0 Å². The van der Waals surface area contributed by atoms with Crippen molar-refractivity contribution >= 4 is 12.0 Å². The molecule has 0 spiro atoms. The summed E-state index contributed by atoms with van der Waals surface area (Å²) in [5.41, 5.74) is 1.40. The van der Waals surface area contributed by atoms with Crippen LogP contribution in [0.15, 0.2) is 23.4 Å². The fourth-order valence-electron chi connectivity index (χ4n) is 3.08. The second-order valence-electron chi connectivity index (χ2n) is 6.37. The molecule has 0 saturated heterocycles. The maximum absolute atomic E-state index is 12.7. The van der Waals surface area contributed by atoms with E-state index in [1.807, 2.05) is 0 Å². The zero-order valence-corrected chi connectivity index (χ0v) is 17.0. The maximum Gasteiger partial charge on any atom is 0.338 e. The number of carbonyl (C=O) groups is 2. The predicted molar refractivity (Wildman–Crippen MR) is 104 cm³/mol. The minimum Gasteiger partial charge on any atom is -0.493 e. The van der Waals surface area contributed by atoms with E-state index in [-0.39, 0.29) is 0 Å². The first-order valence-electron chi connectivity index (χ1n) is 9.22. The van der Waals surface area contributed by atoms with E-state index in [2.05, 4.69) is 17.6 Å². The van der Waals surface area contributed by atoms with Crippen molar-refractivity contribution in [2.75, 3.05) is 27.9 Å². The molecular formula is C20H28N2O6. The van der Waals surface area contributed by atoms with Crippen LogP contribution < -0.4 is 24.8 Å². The number of rotatable bonds is 9. The first kappa shape index (κ1) is 21.4. The van der Waals surface area contributed by atoms with E-state index in [4.69, 9.17) is 18.9 Å². The monoisotopic (exact) mass is 392 g/mol. The third-order valence-corrected chi connectivity index (χ3v) is 4.49. The van der Waals surface area contributed by atoms with E-state index >= 15 is 0 Å². The van der Waals surface area contributed by atoms with E-state index in [1.165, 1.54) is 21.3 Å². The summed E-state index contributed by atoms with van der Waals surface area (Å²) in [4.78, 5) is 24.8. The smallest absolute Gasteiger partial charge is 0.338 e. The minimum atomic E-state index is -0.707. The van der Waals surface area contributed by atoms with Crippen molar-refractivity contribution in [3.05, 3.63) is 29.0 Å². The average Bonchev–Trinajstić information content (AvgIpc) is 2.69. The molecule has 0 radical (unpaired) electrons. The summed E-state index contributed by atoms with van der Waals surface area (Å²) < 4.78 is 21.5. The van der Waals surface area contributed by atoms with Crippen LogP contribution in [0.25, 0.3) is 0 Å². The maximum atomic E-state index is 12.7. The van der Waals surface area contributed by atoms with Crippen LogP contribution in [0, 0.1) is 0 Å². The Kier molecular flexibility index (Phi) is 7.54. The van der Waals surface area contributed by atoms with E-state index in [1.54, 1.807) is 19.1 Å². The highest BCUT2D eigenvalue weighted by Gasteiger charge is 2.33. The average molecular weight is 392 g/mol. The van der Waals surface area contributed by atoms with Crippen molar-refractivity contribution in [2.45, 2.75) is 39.2 Å². The fraction of sp³-hybridized carbons (Fsp3) is 0.500. The number of ether oxygens (including phenoxy) is 4. The number of urea groups is 1. The highest BCUT2D eigenvalue weighted by molar-refractivity contribution is 5.95. The van der Waals surface area contributed by atoms with Crippen molar-refractivity contribution in [1.29, 1.82) is 0 Å². The normalized spacial score (nSPS) is 16.2. The molecule has 8 nitrogen and oxygen atoms in total. The molecule has 1 aromatic rings. The molecule has 28 heavy (non-hydrogen) atoms. The van der Waals surface area contributed by atoms with Gasteiger partial charge < -0.3 is 29.6 Å². The van der Waals surface area contributed by atoms with Gasteiger partial charge in [-0.05, 0) is 31.0 Å². The molecule has 1 heterocycles. The van der Waals surface area contributed by atoms with Gasteiger partial charge in [0.2, 0.25) is 5.75 Å². The van der Waals surface area contributed by atoms with Crippen molar-refractivity contribution in [3.8, 4) is 17.2 Å². The van der Waals surface area contributed by atoms with Gasteiger partial charge in [0.25, 0.3) is 0 Å². The fourth-order valence-corrected chi connectivity index (χ4v) is 3.08. The highest BCUT2D eigenvalue weighted by atomic mass is 16.5. The molecule has 2 amide bonds. The quantitative estimate of drug-likeness (QED) is 0.495. The van der Waals surface area contributed by atoms with Gasteiger partial charge in [-0.1, -0.05) is 19.8 Å². The lowest BCUT2D eigenvalue weighted by Gasteiger charge is -2.29. The number of amides is 2. The van der Waals surface area contributed by atoms with Gasteiger partial charge in [-0.25, -0.2) is 9.59 Å². The molecule has 0 fully saturated rings. The molecule has 1 aromatic carbocycles. The van der Waals surface area contributed by atoms with Crippen LogP contribution in [0.1, 0.15) is 44.7 Å². The molecule has 8 heteroatoms. The molecule has 1 unspecified atom stereocenters. The van der Waals surface area contributed by atoms with E-state index < -0.39 is 18.0 Å². The summed E-state index contributed by atoms with van der Waals surface area (Å²) in [5, 5.41) is 5.41. The van der Waals surface area contributed by atoms with Gasteiger partial charge in [0.1, 0.15) is 0 Å². The van der Waals surface area contributed by atoms with Crippen LogP contribution in [0.2, 0.25) is 0 Å². The lowest BCUT2D eigenvalue weighted by Crippen LogP contribution is -2.45. The minimum absolute atomic E-state index is 0.333. The van der Waals surface area contributed by atoms with Crippen LogP contribution in [0.3, 0.4) is 0 Å². The van der Waals surface area contributed by atoms with Gasteiger partial charge in [0, 0.05) is 5.70 Å². The van der Waals surface area contributed by atoms with E-state index in [9.17, 15) is 9.59 Å². The van der Waals surface area contributed by atoms with Gasteiger partial charge in [-0.3, -0.25) is 0 Å². The Morgan fingerprint density at radius 3 is 2.25 bits per heavy atom. The second-order valence-corrected chi connectivity index (χ2v) is 6.37. The summed E-state index contributed by atoms with van der Waals surface area (Å²) in [5.74, 6) is 0.814. The van der Waals surface area contributed by atoms with Crippen LogP contribution in [0.4, 0.5) is 4.79 Å². The lowest BCUT2D eigenvalue weighted by molar-refractivity contribution is -0.139. The predicted octanol–water partition coefficient (Wildman–Crippen LogP) is 3.07. The molecular weight excluding hydrogens is 364 g/mol. The number of esters is 1. The number of methoxy groups -OCH3 is 3. The largest absolute Gasteiger partial charge is 0.493 e. The number of nitrogens with one attached hydrogen (secondary N) is 2. The first-order valence-corrected chi connectivity index (χ1v) is 9.22. The third kappa shape index (κ3) is 4.68. The molecule has 0 aliphatic carbocycles. The molecule has 2 N–H and O–H groups in total. The number of unbranched alkanes of at least 4 members (excludes halogenated alkanes) is 2. The number of carbonyl (C=O) groups excluding carboxylic acids is 2. The van der Waals surface area contributed by atoms with Gasteiger partial charge >= 0.3 is 12.0 Å². The summed E-state index contributed by atoms with van der Waals surface area (Å²) >= 11 is 0. The summed E-state index contributed by atoms with van der Waals surface area (Å²) in [7, 11) is 4.52. The molecule has 0 saturated carbocycles. The van der Waals surface area contributed by atoms with Gasteiger partial charge in [0.05, 0.1) is 39.6 Å². The van der Waals surface area contributed by atoms with Crippen LogP contribution in [-0.2, 0) is 9.53 Å². The zero-order valence-electron chi connectivity index (χ0n) is 17.0. The van der Waals surface area contributed by atoms with Crippen molar-refractivity contribution in [1.82, 2.24) is 10.6 Å². The van der Waals surface area contributed by atoms with E-state index in [0.29, 0.717) is 40.7 Å². The topological polar surface area (TPSA) is 95.1 Å². The summed E-state index contributed by atoms with van der Waals surface area (Å²) in [6.07, 6.45) is 2.81. The Bertz CT molecular complexity index is 734. The molecule has 154 valence electrons. The summed E-state index contributed by atoms with van der Waals surface area (Å²) in [6, 6.07) is 2.30. The van der Waals surface area contributed by atoms with Crippen LogP contribution in [-0.4, -0.2) is 39.9 Å². The zero-order chi connectivity index (χ0) is 20.7. The number of hydrogen-bond donors (Lipinski definition) is 2. The number of hydrogen-bond acceptors (Lipinski definition) is 6. The lowest BCUT2D eigenvalue weighted by atomic mass is 9.95.